The van der Waals surface area contributed by atoms with Gasteiger partial charge in [0.2, 0.25) is 10.0 Å². The van der Waals surface area contributed by atoms with Crippen molar-refractivity contribution in [2.45, 2.75) is 18.2 Å². The van der Waals surface area contributed by atoms with E-state index in [4.69, 9.17) is 16.3 Å². The molecule has 11 heteroatoms. The number of rotatable bonds is 5. The fraction of sp³-hybridized carbons (Fsp3) is 0.292. The van der Waals surface area contributed by atoms with Crippen molar-refractivity contribution in [2.24, 2.45) is 0 Å². The summed E-state index contributed by atoms with van der Waals surface area (Å²) in [6, 6.07) is 12.6. The molecule has 0 atom stereocenters. The Balaban J connectivity index is 1.48. The average Bonchev–Trinajstić information content (AvgIpc) is 3.21. The summed E-state index contributed by atoms with van der Waals surface area (Å²) in [7, 11) is -2.04. The van der Waals surface area contributed by atoms with Crippen LogP contribution in [0.15, 0.2) is 59.9 Å². The second-order valence-electron chi connectivity index (χ2n) is 8.35. The predicted molar refractivity (Wildman–Crippen MR) is 135 cm³/mol. The number of fused-ring (bicyclic) bond motifs is 1. The van der Waals surface area contributed by atoms with Gasteiger partial charge in [-0.3, -0.25) is 0 Å². The highest BCUT2D eigenvalue weighted by atomic mass is 35.5. The first kappa shape index (κ1) is 23.5. The number of nitrogens with zero attached hydrogens (tertiary/aromatic N) is 6. The zero-order valence-electron chi connectivity index (χ0n) is 19.4. The van der Waals surface area contributed by atoms with Crippen LogP contribution in [0.5, 0.6) is 5.75 Å². The fourth-order valence-corrected chi connectivity index (χ4v) is 6.02. The van der Waals surface area contributed by atoms with E-state index in [0.29, 0.717) is 43.4 Å². The maximum Gasteiger partial charge on any atom is 0.254 e. The van der Waals surface area contributed by atoms with E-state index in [2.05, 4.69) is 20.0 Å². The van der Waals surface area contributed by atoms with Crippen LogP contribution in [-0.2, 0) is 10.0 Å². The fourth-order valence-electron chi connectivity index (χ4n) is 4.27. The van der Waals surface area contributed by atoms with Crippen molar-refractivity contribution >= 4 is 33.2 Å². The van der Waals surface area contributed by atoms with E-state index in [1.165, 1.54) is 16.7 Å². The van der Waals surface area contributed by atoms with Crippen molar-refractivity contribution in [3.63, 3.8) is 0 Å². The lowest BCUT2D eigenvalue weighted by Crippen LogP contribution is -2.35. The summed E-state index contributed by atoms with van der Waals surface area (Å²) in [4.78, 5) is 11.1. The van der Waals surface area contributed by atoms with Gasteiger partial charge in [-0.05, 0) is 48.7 Å². The molecule has 0 saturated carbocycles. The summed E-state index contributed by atoms with van der Waals surface area (Å²) in [5.74, 6) is 2.08. The maximum absolute atomic E-state index is 13.4. The Morgan fingerprint density at radius 2 is 1.80 bits per heavy atom. The number of sulfonamides is 1. The Morgan fingerprint density at radius 3 is 2.54 bits per heavy atom. The number of methoxy groups -OCH3 is 1. The first-order valence-electron chi connectivity index (χ1n) is 11.2. The van der Waals surface area contributed by atoms with Gasteiger partial charge in [0.15, 0.2) is 0 Å². The van der Waals surface area contributed by atoms with Crippen molar-refractivity contribution in [3.05, 3.63) is 65.6 Å². The lowest BCUT2D eigenvalue weighted by atomic mass is 10.1. The topological polar surface area (TPSA) is 92.9 Å². The molecule has 1 aliphatic rings. The largest absolute Gasteiger partial charge is 0.497 e. The number of ether oxygens (including phenoxy) is 1. The van der Waals surface area contributed by atoms with E-state index < -0.39 is 10.0 Å². The molecule has 5 rings (SSSR count). The number of hydrogen-bond donors (Lipinski definition) is 0. The Kier molecular flexibility index (Phi) is 6.35. The average molecular weight is 513 g/mol. The van der Waals surface area contributed by atoms with Gasteiger partial charge in [-0.25, -0.2) is 13.4 Å². The molecule has 9 nitrogen and oxygen atoms in total. The van der Waals surface area contributed by atoms with Gasteiger partial charge in [0.25, 0.3) is 5.78 Å². The van der Waals surface area contributed by atoms with Crippen LogP contribution in [-0.4, -0.2) is 65.6 Å². The van der Waals surface area contributed by atoms with E-state index in [1.807, 2.05) is 31.2 Å². The molecule has 0 aliphatic carbocycles. The molecule has 1 fully saturated rings. The minimum atomic E-state index is -3.67. The Labute approximate surface area is 209 Å². The highest BCUT2D eigenvalue weighted by Gasteiger charge is 2.29. The van der Waals surface area contributed by atoms with Gasteiger partial charge in [0.1, 0.15) is 17.9 Å². The zero-order valence-corrected chi connectivity index (χ0v) is 21.0. The molecule has 2 aromatic carbocycles. The van der Waals surface area contributed by atoms with E-state index >= 15 is 0 Å². The highest BCUT2D eigenvalue weighted by molar-refractivity contribution is 7.89. The molecule has 0 N–H and O–H groups in total. The summed E-state index contributed by atoms with van der Waals surface area (Å²) in [6.07, 6.45) is 3.91. The Hall–Kier alpha value is -3.21. The number of aromatic nitrogens is 4. The lowest BCUT2D eigenvalue weighted by Gasteiger charge is -2.26. The number of benzene rings is 2. The zero-order chi connectivity index (χ0) is 24.6. The van der Waals surface area contributed by atoms with Gasteiger partial charge in [-0.2, -0.15) is 18.9 Å². The minimum Gasteiger partial charge on any atom is -0.497 e. The molecule has 3 heterocycles. The van der Waals surface area contributed by atoms with Crippen LogP contribution in [0, 0.1) is 6.92 Å². The van der Waals surface area contributed by atoms with Crippen LogP contribution < -0.4 is 9.64 Å². The van der Waals surface area contributed by atoms with Crippen LogP contribution in [0.1, 0.15) is 12.0 Å². The summed E-state index contributed by atoms with van der Waals surface area (Å²) < 4.78 is 35.3. The molecule has 0 spiro atoms. The van der Waals surface area contributed by atoms with Gasteiger partial charge in [-0.1, -0.05) is 29.8 Å². The molecule has 1 aliphatic heterocycles. The van der Waals surface area contributed by atoms with Gasteiger partial charge < -0.3 is 9.64 Å². The SMILES string of the molecule is COc1ccc(-c2cnc3ncnn3c2N2CCCN(S(=O)(=O)c3ccc(C)c(Cl)c3)CC2)cc1. The van der Waals surface area contributed by atoms with Crippen LogP contribution >= 0.6 is 11.6 Å². The van der Waals surface area contributed by atoms with Gasteiger partial charge in [0.05, 0.1) is 12.0 Å². The van der Waals surface area contributed by atoms with E-state index in [0.717, 1.165) is 28.3 Å². The highest BCUT2D eigenvalue weighted by Crippen LogP contribution is 2.32. The number of aryl methyl sites for hydroxylation is 1. The van der Waals surface area contributed by atoms with Crippen molar-refractivity contribution in [2.75, 3.05) is 38.2 Å². The van der Waals surface area contributed by atoms with Crippen LogP contribution in [0.4, 0.5) is 5.82 Å². The summed E-state index contributed by atoms with van der Waals surface area (Å²) in [5.41, 5.74) is 2.68. The molecule has 0 amide bonds. The molecule has 0 radical (unpaired) electrons. The van der Waals surface area contributed by atoms with Crippen molar-refractivity contribution < 1.29 is 13.2 Å². The van der Waals surface area contributed by atoms with Crippen LogP contribution in [0.25, 0.3) is 16.9 Å². The maximum atomic E-state index is 13.4. The minimum absolute atomic E-state index is 0.211. The molecule has 2 aromatic heterocycles. The van der Waals surface area contributed by atoms with Crippen molar-refractivity contribution in [1.29, 1.82) is 0 Å². The Morgan fingerprint density at radius 1 is 1.00 bits per heavy atom. The van der Waals surface area contributed by atoms with Crippen LogP contribution in [0.2, 0.25) is 5.02 Å². The number of hydrogen-bond acceptors (Lipinski definition) is 7. The normalized spacial score (nSPS) is 15.3. The number of halogens is 1. The number of anilines is 1. The predicted octanol–water partition coefficient (Wildman–Crippen LogP) is 3.66. The third-order valence-electron chi connectivity index (χ3n) is 6.22. The second kappa shape index (κ2) is 9.44. The molecule has 35 heavy (non-hydrogen) atoms. The lowest BCUT2D eigenvalue weighted by molar-refractivity contribution is 0.415. The third-order valence-corrected chi connectivity index (χ3v) is 8.52. The van der Waals surface area contributed by atoms with Crippen molar-refractivity contribution in [1.82, 2.24) is 23.9 Å². The first-order chi connectivity index (χ1) is 16.9. The van der Waals surface area contributed by atoms with Crippen molar-refractivity contribution in [3.8, 4) is 16.9 Å². The van der Waals surface area contributed by atoms with Gasteiger partial charge >= 0.3 is 0 Å². The molecule has 182 valence electrons. The summed E-state index contributed by atoms with van der Waals surface area (Å²) in [6.45, 7) is 3.73. The molecule has 0 bridgehead atoms. The standard InChI is InChI=1S/C24H25ClN6O3S/c1-17-4-9-20(14-22(17)25)35(32,33)30-11-3-10-29(12-13-30)23-21(15-26-24-27-16-28-31(23)24)18-5-7-19(34-2)8-6-18/h4-9,14-16H,3,10-13H2,1-2H3. The summed E-state index contributed by atoms with van der Waals surface area (Å²) in [5, 5.41) is 4.85. The smallest absolute Gasteiger partial charge is 0.254 e. The van der Waals surface area contributed by atoms with E-state index in [9.17, 15) is 8.42 Å². The molecule has 4 aromatic rings. The third kappa shape index (κ3) is 4.44. The summed E-state index contributed by atoms with van der Waals surface area (Å²) >= 11 is 6.21. The first-order valence-corrected chi connectivity index (χ1v) is 13.0. The van der Waals surface area contributed by atoms with Crippen LogP contribution in [0.3, 0.4) is 0 Å². The van der Waals surface area contributed by atoms with Gasteiger partial charge in [0, 0.05) is 43.0 Å². The van der Waals surface area contributed by atoms with Gasteiger partial charge in [-0.15, -0.1) is 0 Å². The van der Waals surface area contributed by atoms with E-state index in [1.54, 1.807) is 30.0 Å². The Bertz CT molecular complexity index is 1470. The molecular weight excluding hydrogens is 488 g/mol. The second-order valence-corrected chi connectivity index (χ2v) is 10.7. The molecule has 0 unspecified atom stereocenters. The monoisotopic (exact) mass is 512 g/mol. The van der Waals surface area contributed by atoms with E-state index in [-0.39, 0.29) is 4.90 Å². The quantitative estimate of drug-likeness (QED) is 0.403. The molecular formula is C24H25ClN6O3S. The molecule has 1 saturated heterocycles.